The maximum absolute atomic E-state index is 4.35. The summed E-state index contributed by atoms with van der Waals surface area (Å²) in [5.41, 5.74) is 1.04. The summed E-state index contributed by atoms with van der Waals surface area (Å²) in [6, 6.07) is 0.938. The van der Waals surface area contributed by atoms with E-state index >= 15 is 0 Å². The van der Waals surface area contributed by atoms with Crippen molar-refractivity contribution in [1.29, 1.82) is 0 Å². The Morgan fingerprint density at radius 1 is 1.24 bits per heavy atom. The molecule has 3 nitrogen and oxygen atoms in total. The highest BCUT2D eigenvalue weighted by Gasteiger charge is 2.25. The molecule has 1 aromatic rings. The van der Waals surface area contributed by atoms with Crippen LogP contribution in [0.25, 0.3) is 0 Å². The minimum Gasteiger partial charge on any atom is -0.306 e. The smallest absolute Gasteiger partial charge is 0.0753 e. The lowest BCUT2D eigenvalue weighted by atomic mass is 9.79. The Morgan fingerprint density at radius 3 is 2.71 bits per heavy atom. The summed E-state index contributed by atoms with van der Waals surface area (Å²) in [6.07, 6.45) is 9.25. The van der Waals surface area contributed by atoms with Gasteiger partial charge >= 0.3 is 0 Å². The quantitative estimate of drug-likeness (QED) is 0.872. The average Bonchev–Trinajstić information content (AvgIpc) is 2.35. The van der Waals surface area contributed by atoms with Gasteiger partial charge in [0.25, 0.3) is 0 Å². The molecule has 1 aromatic heterocycles. The molecule has 4 atom stereocenters. The molecule has 0 spiro atoms. The van der Waals surface area contributed by atoms with E-state index in [1.54, 1.807) is 12.4 Å². The summed E-state index contributed by atoms with van der Waals surface area (Å²) < 4.78 is 0. The van der Waals surface area contributed by atoms with Crippen LogP contribution in [0.4, 0.5) is 0 Å². The molecular weight excluding hydrogens is 210 g/mol. The molecule has 4 unspecified atom stereocenters. The Labute approximate surface area is 104 Å². The SMILES string of the molecule is CC(NC1CCC(C)C(C)C1)c1cnccn1. The van der Waals surface area contributed by atoms with Crippen LogP contribution in [0.3, 0.4) is 0 Å². The van der Waals surface area contributed by atoms with E-state index < -0.39 is 0 Å². The highest BCUT2D eigenvalue weighted by molar-refractivity contribution is 5.01. The number of aromatic nitrogens is 2. The molecule has 0 radical (unpaired) electrons. The summed E-state index contributed by atoms with van der Waals surface area (Å²) >= 11 is 0. The first-order valence-corrected chi connectivity index (χ1v) is 6.68. The summed E-state index contributed by atoms with van der Waals surface area (Å²) in [7, 11) is 0. The zero-order valence-corrected chi connectivity index (χ0v) is 11.1. The highest BCUT2D eigenvalue weighted by atomic mass is 15.0. The molecule has 1 fully saturated rings. The zero-order valence-electron chi connectivity index (χ0n) is 11.1. The number of hydrogen-bond donors (Lipinski definition) is 1. The Morgan fingerprint density at radius 2 is 2.06 bits per heavy atom. The van der Waals surface area contributed by atoms with Crippen LogP contribution in [0.2, 0.25) is 0 Å². The van der Waals surface area contributed by atoms with Gasteiger partial charge in [0.05, 0.1) is 5.69 Å². The van der Waals surface area contributed by atoms with Crippen LogP contribution in [-0.4, -0.2) is 16.0 Å². The van der Waals surface area contributed by atoms with Gasteiger partial charge in [0.15, 0.2) is 0 Å². The second-order valence-corrected chi connectivity index (χ2v) is 5.48. The molecule has 0 saturated heterocycles. The Balaban J connectivity index is 1.89. The fraction of sp³-hybridized carbons (Fsp3) is 0.714. The second-order valence-electron chi connectivity index (χ2n) is 5.48. The topological polar surface area (TPSA) is 37.8 Å². The summed E-state index contributed by atoms with van der Waals surface area (Å²) in [6.45, 7) is 6.91. The van der Waals surface area contributed by atoms with E-state index in [1.165, 1.54) is 19.3 Å². The lowest BCUT2D eigenvalue weighted by molar-refractivity contribution is 0.216. The van der Waals surface area contributed by atoms with E-state index in [9.17, 15) is 0 Å². The first-order chi connectivity index (χ1) is 8.16. The third-order valence-corrected chi connectivity index (χ3v) is 4.11. The maximum atomic E-state index is 4.35. The number of nitrogens with one attached hydrogen (secondary N) is 1. The number of nitrogens with zero attached hydrogens (tertiary/aromatic N) is 2. The van der Waals surface area contributed by atoms with Crippen molar-refractivity contribution in [3.05, 3.63) is 24.3 Å². The molecule has 3 heteroatoms. The standard InChI is InChI=1S/C14H23N3/c1-10-4-5-13(8-11(10)2)17-12(3)14-9-15-6-7-16-14/h6-7,9-13,17H,4-5,8H2,1-3H3. The Hall–Kier alpha value is -0.960. The first kappa shape index (κ1) is 12.5. The second kappa shape index (κ2) is 5.58. The predicted octanol–water partition coefficient (Wildman–Crippen LogP) is 2.95. The molecular formula is C14H23N3. The van der Waals surface area contributed by atoms with Gasteiger partial charge in [-0.3, -0.25) is 9.97 Å². The lowest BCUT2D eigenvalue weighted by Gasteiger charge is -2.34. The van der Waals surface area contributed by atoms with Crippen LogP contribution < -0.4 is 5.32 Å². The van der Waals surface area contributed by atoms with Crippen LogP contribution in [0.5, 0.6) is 0 Å². The van der Waals surface area contributed by atoms with Crippen molar-refractivity contribution in [3.8, 4) is 0 Å². The summed E-state index contributed by atoms with van der Waals surface area (Å²) in [4.78, 5) is 8.48. The number of rotatable bonds is 3. The molecule has 94 valence electrons. The van der Waals surface area contributed by atoms with Gasteiger partial charge in [0.2, 0.25) is 0 Å². The van der Waals surface area contributed by atoms with Crippen LogP contribution in [0.15, 0.2) is 18.6 Å². The van der Waals surface area contributed by atoms with Gasteiger partial charge in [0, 0.05) is 30.7 Å². The molecule has 1 aliphatic carbocycles. The van der Waals surface area contributed by atoms with Crippen LogP contribution >= 0.6 is 0 Å². The van der Waals surface area contributed by atoms with E-state index in [0.29, 0.717) is 12.1 Å². The molecule has 1 N–H and O–H groups in total. The molecule has 1 heterocycles. The Bertz CT molecular complexity index is 339. The van der Waals surface area contributed by atoms with E-state index in [2.05, 4.69) is 36.1 Å². The van der Waals surface area contributed by atoms with Crippen LogP contribution in [-0.2, 0) is 0 Å². The molecule has 2 rings (SSSR count). The first-order valence-electron chi connectivity index (χ1n) is 6.68. The third kappa shape index (κ3) is 3.25. The molecule has 1 saturated carbocycles. The molecule has 1 aliphatic rings. The van der Waals surface area contributed by atoms with Gasteiger partial charge in [-0.15, -0.1) is 0 Å². The van der Waals surface area contributed by atoms with Crippen molar-refractivity contribution < 1.29 is 0 Å². The molecule has 0 bridgehead atoms. The predicted molar refractivity (Wildman–Crippen MR) is 69.5 cm³/mol. The lowest BCUT2D eigenvalue weighted by Crippen LogP contribution is -2.37. The van der Waals surface area contributed by atoms with E-state index in [-0.39, 0.29) is 0 Å². The van der Waals surface area contributed by atoms with Gasteiger partial charge < -0.3 is 5.32 Å². The fourth-order valence-corrected chi connectivity index (χ4v) is 2.67. The van der Waals surface area contributed by atoms with Crippen LogP contribution in [0.1, 0.15) is 51.8 Å². The van der Waals surface area contributed by atoms with Gasteiger partial charge in [0.1, 0.15) is 0 Å². The molecule has 0 aromatic carbocycles. The van der Waals surface area contributed by atoms with Gasteiger partial charge in [-0.05, 0) is 38.0 Å². The van der Waals surface area contributed by atoms with Gasteiger partial charge in [-0.25, -0.2) is 0 Å². The number of hydrogen-bond acceptors (Lipinski definition) is 3. The van der Waals surface area contributed by atoms with Crippen molar-refractivity contribution in [1.82, 2.24) is 15.3 Å². The summed E-state index contributed by atoms with van der Waals surface area (Å²) in [5, 5.41) is 3.68. The van der Waals surface area contributed by atoms with E-state index in [0.717, 1.165) is 17.5 Å². The van der Waals surface area contributed by atoms with Gasteiger partial charge in [-0.1, -0.05) is 13.8 Å². The fourth-order valence-electron chi connectivity index (χ4n) is 2.67. The van der Waals surface area contributed by atoms with Gasteiger partial charge in [-0.2, -0.15) is 0 Å². The molecule has 17 heavy (non-hydrogen) atoms. The van der Waals surface area contributed by atoms with E-state index in [4.69, 9.17) is 0 Å². The minimum atomic E-state index is 0.300. The average molecular weight is 233 g/mol. The van der Waals surface area contributed by atoms with Crippen molar-refractivity contribution in [2.75, 3.05) is 0 Å². The van der Waals surface area contributed by atoms with Crippen molar-refractivity contribution in [2.24, 2.45) is 11.8 Å². The molecule has 0 amide bonds. The minimum absolute atomic E-state index is 0.300. The van der Waals surface area contributed by atoms with Crippen LogP contribution in [0, 0.1) is 11.8 Å². The monoisotopic (exact) mass is 233 g/mol. The van der Waals surface area contributed by atoms with Crippen molar-refractivity contribution in [2.45, 2.75) is 52.1 Å². The molecule has 0 aliphatic heterocycles. The normalized spacial score (nSPS) is 31.1. The zero-order chi connectivity index (χ0) is 12.3. The Kier molecular flexibility index (Phi) is 4.11. The highest BCUT2D eigenvalue weighted by Crippen LogP contribution is 2.30. The van der Waals surface area contributed by atoms with Crippen molar-refractivity contribution >= 4 is 0 Å². The summed E-state index contributed by atoms with van der Waals surface area (Å²) in [5.74, 6) is 1.70. The van der Waals surface area contributed by atoms with E-state index in [1.807, 2.05) is 6.20 Å². The van der Waals surface area contributed by atoms with Crippen molar-refractivity contribution in [3.63, 3.8) is 0 Å². The third-order valence-electron chi connectivity index (χ3n) is 4.11. The largest absolute Gasteiger partial charge is 0.306 e. The maximum Gasteiger partial charge on any atom is 0.0753 e.